The van der Waals surface area contributed by atoms with Crippen LogP contribution in [0.25, 0.3) is 0 Å². The molecule has 7 nitrogen and oxygen atoms in total. The first-order valence-electron chi connectivity index (χ1n) is 8.23. The Morgan fingerprint density at radius 1 is 1.38 bits per heavy atom. The number of benzene rings is 1. The molecule has 1 aromatic heterocycles. The van der Waals surface area contributed by atoms with E-state index in [1.807, 2.05) is 30.1 Å². The maximum Gasteiger partial charge on any atom is 0.317 e. The third-order valence-electron chi connectivity index (χ3n) is 4.23. The first-order chi connectivity index (χ1) is 11.7. The van der Waals surface area contributed by atoms with E-state index >= 15 is 0 Å². The molecule has 24 heavy (non-hydrogen) atoms. The van der Waals surface area contributed by atoms with Crippen LogP contribution in [-0.4, -0.2) is 51.5 Å². The first kappa shape index (κ1) is 16.4. The molecule has 3 rings (SSSR count). The Morgan fingerprint density at radius 2 is 2.21 bits per heavy atom. The zero-order chi connectivity index (χ0) is 16.8. The molecule has 1 N–H and O–H groups in total. The molecule has 0 saturated carbocycles. The van der Waals surface area contributed by atoms with E-state index in [9.17, 15) is 4.79 Å². The second-order valence-electron chi connectivity index (χ2n) is 5.92. The number of nitrogens with one attached hydrogen (secondary N) is 1. The lowest BCUT2D eigenvalue weighted by Crippen LogP contribution is -2.49. The van der Waals surface area contributed by atoms with Gasteiger partial charge in [-0.3, -0.25) is 4.68 Å². The van der Waals surface area contributed by atoms with Crippen molar-refractivity contribution in [3.05, 3.63) is 48.0 Å². The van der Waals surface area contributed by atoms with Gasteiger partial charge < -0.3 is 15.0 Å². The van der Waals surface area contributed by atoms with Gasteiger partial charge in [0.05, 0.1) is 19.3 Å². The molecule has 2 aromatic rings. The molecule has 128 valence electrons. The predicted octanol–water partition coefficient (Wildman–Crippen LogP) is 1.36. The Hall–Kier alpha value is -2.41. The van der Waals surface area contributed by atoms with Crippen LogP contribution >= 0.6 is 0 Å². The fourth-order valence-electron chi connectivity index (χ4n) is 2.80. The Kier molecular flexibility index (Phi) is 5.43. The number of ether oxygens (including phenoxy) is 1. The maximum absolute atomic E-state index is 12.3. The number of carbonyl (C=O) groups is 1. The Labute approximate surface area is 141 Å². The van der Waals surface area contributed by atoms with Crippen molar-refractivity contribution in [1.29, 1.82) is 0 Å². The van der Waals surface area contributed by atoms with Crippen LogP contribution in [0.15, 0.2) is 36.7 Å². The summed E-state index contributed by atoms with van der Waals surface area (Å²) in [6, 6.07) is 10.3. The molecular formula is C17H23N5O2. The second-order valence-corrected chi connectivity index (χ2v) is 5.92. The van der Waals surface area contributed by atoms with Gasteiger partial charge in [-0.2, -0.15) is 5.10 Å². The van der Waals surface area contributed by atoms with Gasteiger partial charge in [-0.15, -0.1) is 0 Å². The zero-order valence-electron chi connectivity index (χ0n) is 13.9. The van der Waals surface area contributed by atoms with E-state index in [4.69, 9.17) is 4.74 Å². The molecule has 1 aliphatic rings. The van der Waals surface area contributed by atoms with Gasteiger partial charge in [0.2, 0.25) is 0 Å². The quantitative estimate of drug-likeness (QED) is 0.899. The number of morpholine rings is 1. The molecule has 0 unspecified atom stereocenters. The summed E-state index contributed by atoms with van der Waals surface area (Å²) in [5.41, 5.74) is 1.30. The minimum atomic E-state index is -0.0778. The number of amides is 2. The molecule has 2 heterocycles. The molecule has 0 aliphatic carbocycles. The second kappa shape index (κ2) is 7.92. The van der Waals surface area contributed by atoms with Gasteiger partial charge >= 0.3 is 6.03 Å². The summed E-state index contributed by atoms with van der Waals surface area (Å²) >= 11 is 0. The highest BCUT2D eigenvalue weighted by atomic mass is 16.5. The Morgan fingerprint density at radius 3 is 2.96 bits per heavy atom. The van der Waals surface area contributed by atoms with Crippen LogP contribution in [0.3, 0.4) is 0 Å². The van der Waals surface area contributed by atoms with Gasteiger partial charge in [0.1, 0.15) is 12.2 Å². The molecule has 1 aromatic carbocycles. The van der Waals surface area contributed by atoms with Gasteiger partial charge in [0.15, 0.2) is 0 Å². The van der Waals surface area contributed by atoms with Crippen LogP contribution < -0.4 is 5.32 Å². The van der Waals surface area contributed by atoms with Crippen LogP contribution in [-0.2, 0) is 24.8 Å². The minimum Gasteiger partial charge on any atom is -0.375 e. The molecule has 7 heteroatoms. The third kappa shape index (κ3) is 4.32. The summed E-state index contributed by atoms with van der Waals surface area (Å²) in [6.45, 7) is 2.20. The highest BCUT2D eigenvalue weighted by Gasteiger charge is 2.24. The molecule has 1 aliphatic heterocycles. The van der Waals surface area contributed by atoms with Crippen LogP contribution in [0.5, 0.6) is 0 Å². The number of carbonyl (C=O) groups excluding carboxylic acids is 1. The summed E-state index contributed by atoms with van der Waals surface area (Å²) in [5.74, 6) is 0.734. The SMILES string of the molecule is Cn1ncnc1CNC(=O)N1CCO[C@@H](CCc2ccccc2)C1. The number of aryl methyl sites for hydroxylation is 2. The van der Waals surface area contributed by atoms with Crippen LogP contribution in [0.1, 0.15) is 17.8 Å². The fraction of sp³-hybridized carbons (Fsp3) is 0.471. The zero-order valence-corrected chi connectivity index (χ0v) is 13.9. The normalized spacial score (nSPS) is 17.7. The average molecular weight is 329 g/mol. The minimum absolute atomic E-state index is 0.0778. The molecular weight excluding hydrogens is 306 g/mol. The van der Waals surface area contributed by atoms with Crippen LogP contribution in [0, 0.1) is 0 Å². The van der Waals surface area contributed by atoms with Crippen molar-refractivity contribution in [3.63, 3.8) is 0 Å². The van der Waals surface area contributed by atoms with Gasteiger partial charge in [-0.05, 0) is 18.4 Å². The monoisotopic (exact) mass is 329 g/mol. The number of hydrogen-bond donors (Lipinski definition) is 1. The highest BCUT2D eigenvalue weighted by Crippen LogP contribution is 2.12. The Balaban J connectivity index is 1.46. The maximum atomic E-state index is 12.3. The average Bonchev–Trinajstić information content (AvgIpc) is 3.04. The van der Waals surface area contributed by atoms with Crippen molar-refractivity contribution >= 4 is 6.03 Å². The Bertz CT molecular complexity index is 658. The lowest BCUT2D eigenvalue weighted by atomic mass is 10.1. The number of hydrogen-bond acceptors (Lipinski definition) is 4. The van der Waals surface area contributed by atoms with Crippen molar-refractivity contribution in [3.8, 4) is 0 Å². The fourth-order valence-corrected chi connectivity index (χ4v) is 2.80. The molecule has 1 fully saturated rings. The molecule has 0 bridgehead atoms. The number of aromatic nitrogens is 3. The smallest absolute Gasteiger partial charge is 0.317 e. The standard InChI is InChI=1S/C17H23N5O2/c1-21-16(19-13-20-21)11-18-17(23)22-9-10-24-15(12-22)8-7-14-5-3-2-4-6-14/h2-6,13,15H,7-12H2,1H3,(H,18,23)/t15-/m0/s1. The summed E-state index contributed by atoms with van der Waals surface area (Å²) in [7, 11) is 1.81. The van der Waals surface area contributed by atoms with Crippen molar-refractivity contribution in [2.24, 2.45) is 7.05 Å². The van der Waals surface area contributed by atoms with Crippen LogP contribution in [0.4, 0.5) is 4.79 Å². The van der Waals surface area contributed by atoms with E-state index in [-0.39, 0.29) is 12.1 Å². The molecule has 0 radical (unpaired) electrons. The summed E-state index contributed by atoms with van der Waals surface area (Å²) < 4.78 is 7.46. The lowest BCUT2D eigenvalue weighted by Gasteiger charge is -2.33. The summed E-state index contributed by atoms with van der Waals surface area (Å²) in [5, 5.41) is 6.89. The molecule has 1 atom stereocenters. The third-order valence-corrected chi connectivity index (χ3v) is 4.23. The van der Waals surface area contributed by atoms with Crippen molar-refractivity contribution in [2.75, 3.05) is 19.7 Å². The molecule has 2 amide bonds. The van der Waals surface area contributed by atoms with Crippen molar-refractivity contribution in [2.45, 2.75) is 25.5 Å². The lowest BCUT2D eigenvalue weighted by molar-refractivity contribution is -0.0176. The van der Waals surface area contributed by atoms with Crippen molar-refractivity contribution in [1.82, 2.24) is 25.0 Å². The van der Waals surface area contributed by atoms with Gasteiger partial charge in [-0.25, -0.2) is 9.78 Å². The molecule has 0 spiro atoms. The van der Waals surface area contributed by atoms with Crippen LogP contribution in [0.2, 0.25) is 0 Å². The summed E-state index contributed by atoms with van der Waals surface area (Å²) in [6.07, 6.45) is 3.44. The first-order valence-corrected chi connectivity index (χ1v) is 8.23. The predicted molar refractivity (Wildman–Crippen MR) is 89.3 cm³/mol. The summed E-state index contributed by atoms with van der Waals surface area (Å²) in [4.78, 5) is 18.2. The van der Waals surface area contributed by atoms with Gasteiger partial charge in [0, 0.05) is 20.1 Å². The van der Waals surface area contributed by atoms with E-state index in [0.29, 0.717) is 26.2 Å². The van der Waals surface area contributed by atoms with E-state index in [1.165, 1.54) is 11.9 Å². The number of rotatable bonds is 5. The number of urea groups is 1. The van der Waals surface area contributed by atoms with E-state index in [2.05, 4.69) is 27.5 Å². The van der Waals surface area contributed by atoms with E-state index < -0.39 is 0 Å². The van der Waals surface area contributed by atoms with E-state index in [1.54, 1.807) is 4.68 Å². The number of nitrogens with zero attached hydrogens (tertiary/aromatic N) is 4. The largest absolute Gasteiger partial charge is 0.375 e. The van der Waals surface area contributed by atoms with E-state index in [0.717, 1.165) is 18.7 Å². The highest BCUT2D eigenvalue weighted by molar-refractivity contribution is 5.74. The van der Waals surface area contributed by atoms with Gasteiger partial charge in [0.25, 0.3) is 0 Å². The molecule has 1 saturated heterocycles. The van der Waals surface area contributed by atoms with Crippen molar-refractivity contribution < 1.29 is 9.53 Å². The topological polar surface area (TPSA) is 72.3 Å². The van der Waals surface area contributed by atoms with Gasteiger partial charge in [-0.1, -0.05) is 30.3 Å².